The Morgan fingerprint density at radius 3 is 2.70 bits per heavy atom. The maximum Gasteiger partial charge on any atom is 0.0333 e. The van der Waals surface area contributed by atoms with Gasteiger partial charge in [-0.25, -0.2) is 0 Å². The number of fused-ring (bicyclic) bond motifs is 1. The Hall–Kier alpha value is -0.470. The molecule has 0 bridgehead atoms. The van der Waals surface area contributed by atoms with Crippen LogP contribution in [0.4, 0.5) is 0 Å². The number of benzene rings is 1. The Kier molecular flexibility index (Phi) is 5.19. The molecule has 0 aromatic heterocycles. The third-order valence-electron chi connectivity index (χ3n) is 4.12. The summed E-state index contributed by atoms with van der Waals surface area (Å²) in [5.74, 6) is 1.16. The Bertz CT molecular complexity index is 447. The maximum atomic E-state index is 3.76. The molecule has 0 fully saturated rings. The fourth-order valence-corrected chi connectivity index (χ4v) is 3.84. The number of nitrogens with one attached hydrogen (secondary N) is 1. The van der Waals surface area contributed by atoms with Crippen molar-refractivity contribution in [2.45, 2.75) is 69.9 Å². The van der Waals surface area contributed by atoms with E-state index in [4.69, 9.17) is 0 Å². The van der Waals surface area contributed by atoms with Crippen LogP contribution in [0.3, 0.4) is 0 Å². The fourth-order valence-electron chi connectivity index (χ4n) is 2.79. The van der Waals surface area contributed by atoms with Gasteiger partial charge in [0.2, 0.25) is 0 Å². The van der Waals surface area contributed by atoms with Gasteiger partial charge in [-0.15, -0.1) is 0 Å². The molecule has 0 aliphatic carbocycles. The number of rotatable bonds is 3. The molecular formula is C18H29NS. The van der Waals surface area contributed by atoms with E-state index in [0.29, 0.717) is 6.04 Å². The first-order chi connectivity index (χ1) is 9.41. The number of thioether (sulfide) groups is 1. The molecule has 20 heavy (non-hydrogen) atoms. The lowest BCUT2D eigenvalue weighted by molar-refractivity contribution is 0.497. The molecule has 0 saturated heterocycles. The van der Waals surface area contributed by atoms with E-state index in [1.54, 1.807) is 5.56 Å². The van der Waals surface area contributed by atoms with E-state index in [1.165, 1.54) is 24.0 Å². The van der Waals surface area contributed by atoms with Crippen molar-refractivity contribution < 1.29 is 0 Å². The lowest BCUT2D eigenvalue weighted by atomic mass is 9.84. The van der Waals surface area contributed by atoms with E-state index in [1.807, 2.05) is 0 Å². The SMILES string of the molecule is CCCNC1CC(C)SCc2ccc(C(C)(C)C)cc21. The number of hydrogen-bond donors (Lipinski definition) is 1. The van der Waals surface area contributed by atoms with Crippen LogP contribution in [0.5, 0.6) is 0 Å². The standard InChI is InChI=1S/C18H29NS/c1-6-9-19-17-10-13(2)20-12-14-7-8-15(11-16(14)17)18(3,4)5/h7-8,11,13,17,19H,6,9-10,12H2,1-5H3. The van der Waals surface area contributed by atoms with Gasteiger partial charge in [0, 0.05) is 17.0 Å². The van der Waals surface area contributed by atoms with Crippen molar-refractivity contribution in [2.75, 3.05) is 6.54 Å². The molecule has 2 rings (SSSR count). The molecule has 0 amide bonds. The van der Waals surface area contributed by atoms with E-state index in [0.717, 1.165) is 17.5 Å². The molecule has 1 aromatic carbocycles. The summed E-state index contributed by atoms with van der Waals surface area (Å²) in [6.07, 6.45) is 2.44. The summed E-state index contributed by atoms with van der Waals surface area (Å²) in [7, 11) is 0. The first kappa shape index (κ1) is 15.9. The zero-order valence-electron chi connectivity index (χ0n) is 13.6. The van der Waals surface area contributed by atoms with Gasteiger partial charge in [-0.05, 0) is 41.5 Å². The molecule has 112 valence electrons. The molecule has 0 radical (unpaired) electrons. The van der Waals surface area contributed by atoms with Gasteiger partial charge in [-0.3, -0.25) is 0 Å². The molecule has 2 atom stereocenters. The third kappa shape index (κ3) is 3.79. The van der Waals surface area contributed by atoms with Gasteiger partial charge in [0.15, 0.2) is 0 Å². The van der Waals surface area contributed by atoms with E-state index in [-0.39, 0.29) is 5.41 Å². The number of hydrogen-bond acceptors (Lipinski definition) is 2. The van der Waals surface area contributed by atoms with Crippen LogP contribution in [-0.4, -0.2) is 11.8 Å². The summed E-state index contributed by atoms with van der Waals surface area (Å²) >= 11 is 2.09. The molecule has 0 spiro atoms. The van der Waals surface area contributed by atoms with Crippen LogP contribution in [0.25, 0.3) is 0 Å². The topological polar surface area (TPSA) is 12.0 Å². The molecule has 1 aromatic rings. The Morgan fingerprint density at radius 1 is 1.30 bits per heavy atom. The Labute approximate surface area is 128 Å². The fraction of sp³-hybridized carbons (Fsp3) is 0.667. The molecule has 1 aliphatic heterocycles. The largest absolute Gasteiger partial charge is 0.310 e. The highest BCUT2D eigenvalue weighted by Crippen LogP contribution is 2.37. The lowest BCUT2D eigenvalue weighted by Gasteiger charge is -2.25. The zero-order valence-corrected chi connectivity index (χ0v) is 14.4. The molecular weight excluding hydrogens is 262 g/mol. The molecule has 0 saturated carbocycles. The van der Waals surface area contributed by atoms with Gasteiger partial charge in [0.05, 0.1) is 0 Å². The van der Waals surface area contributed by atoms with E-state index >= 15 is 0 Å². The minimum absolute atomic E-state index is 0.232. The first-order valence-electron chi connectivity index (χ1n) is 7.90. The van der Waals surface area contributed by atoms with Crippen molar-refractivity contribution in [3.05, 3.63) is 34.9 Å². The highest BCUT2D eigenvalue weighted by Gasteiger charge is 2.24. The van der Waals surface area contributed by atoms with E-state index in [9.17, 15) is 0 Å². The predicted octanol–water partition coefficient (Wildman–Crippen LogP) is 5.05. The monoisotopic (exact) mass is 291 g/mol. The summed E-state index contributed by atoms with van der Waals surface area (Å²) < 4.78 is 0. The van der Waals surface area contributed by atoms with Gasteiger partial charge in [0.1, 0.15) is 0 Å². The summed E-state index contributed by atoms with van der Waals surface area (Å²) in [6.45, 7) is 12.6. The highest BCUT2D eigenvalue weighted by molar-refractivity contribution is 7.99. The second-order valence-electron chi connectivity index (χ2n) is 7.03. The zero-order chi connectivity index (χ0) is 14.8. The molecule has 1 nitrogen and oxygen atoms in total. The highest BCUT2D eigenvalue weighted by atomic mass is 32.2. The van der Waals surface area contributed by atoms with Crippen LogP contribution < -0.4 is 5.32 Å². The van der Waals surface area contributed by atoms with Crippen LogP contribution in [-0.2, 0) is 11.2 Å². The van der Waals surface area contributed by atoms with Crippen LogP contribution in [0.2, 0.25) is 0 Å². The molecule has 1 aliphatic rings. The molecule has 2 heteroatoms. The normalized spacial score (nSPS) is 23.2. The van der Waals surface area contributed by atoms with Crippen molar-refractivity contribution in [3.8, 4) is 0 Å². The van der Waals surface area contributed by atoms with Crippen molar-refractivity contribution >= 4 is 11.8 Å². The minimum atomic E-state index is 0.232. The molecule has 1 N–H and O–H groups in total. The van der Waals surface area contributed by atoms with Crippen molar-refractivity contribution in [1.29, 1.82) is 0 Å². The minimum Gasteiger partial charge on any atom is -0.310 e. The predicted molar refractivity (Wildman–Crippen MR) is 91.6 cm³/mol. The first-order valence-corrected chi connectivity index (χ1v) is 8.95. The Balaban J connectivity index is 2.36. The molecule has 2 unspecified atom stereocenters. The summed E-state index contributed by atoms with van der Waals surface area (Å²) in [5, 5.41) is 4.49. The molecule has 1 heterocycles. The van der Waals surface area contributed by atoms with Gasteiger partial charge in [0.25, 0.3) is 0 Å². The third-order valence-corrected chi connectivity index (χ3v) is 5.36. The van der Waals surface area contributed by atoms with E-state index < -0.39 is 0 Å². The van der Waals surface area contributed by atoms with Gasteiger partial charge in [-0.2, -0.15) is 11.8 Å². The summed E-state index contributed by atoms with van der Waals surface area (Å²) in [4.78, 5) is 0. The second kappa shape index (κ2) is 6.53. The average molecular weight is 292 g/mol. The summed E-state index contributed by atoms with van der Waals surface area (Å²) in [6, 6.07) is 7.67. The van der Waals surface area contributed by atoms with Gasteiger partial charge < -0.3 is 5.32 Å². The summed E-state index contributed by atoms with van der Waals surface area (Å²) in [5.41, 5.74) is 4.76. The van der Waals surface area contributed by atoms with Crippen LogP contribution in [0.1, 0.15) is 70.2 Å². The van der Waals surface area contributed by atoms with Crippen molar-refractivity contribution in [3.63, 3.8) is 0 Å². The van der Waals surface area contributed by atoms with Crippen molar-refractivity contribution in [2.24, 2.45) is 0 Å². The average Bonchev–Trinajstić information content (AvgIpc) is 2.54. The van der Waals surface area contributed by atoms with Crippen LogP contribution in [0, 0.1) is 0 Å². The second-order valence-corrected chi connectivity index (χ2v) is 8.45. The van der Waals surface area contributed by atoms with Crippen LogP contribution >= 0.6 is 11.8 Å². The van der Waals surface area contributed by atoms with Gasteiger partial charge in [-0.1, -0.05) is 52.8 Å². The van der Waals surface area contributed by atoms with Crippen molar-refractivity contribution in [1.82, 2.24) is 5.32 Å². The Morgan fingerprint density at radius 2 is 2.05 bits per heavy atom. The van der Waals surface area contributed by atoms with Crippen LogP contribution in [0.15, 0.2) is 18.2 Å². The van der Waals surface area contributed by atoms with E-state index in [2.05, 4.69) is 69.9 Å². The van der Waals surface area contributed by atoms with Gasteiger partial charge >= 0.3 is 0 Å². The quantitative estimate of drug-likeness (QED) is 0.836. The lowest BCUT2D eigenvalue weighted by Crippen LogP contribution is -2.25. The maximum absolute atomic E-state index is 3.76. The smallest absolute Gasteiger partial charge is 0.0333 e.